The van der Waals surface area contributed by atoms with Crippen LogP contribution in [0.1, 0.15) is 59.7 Å². The molecule has 4 nitrogen and oxygen atoms in total. The standard InChI is InChI=1S/C15H27N3O/c1-6-9-12-17-13(16-10-7-2)11-14(18-12)19-15(4,5)8-3/h11H,6-10H2,1-5H3,(H,16,17,18). The third-order valence-corrected chi connectivity index (χ3v) is 3.01. The van der Waals surface area contributed by atoms with E-state index in [2.05, 4.69) is 49.9 Å². The molecule has 0 bridgehead atoms. The molecule has 0 aliphatic heterocycles. The van der Waals surface area contributed by atoms with Gasteiger partial charge in [-0.15, -0.1) is 0 Å². The maximum atomic E-state index is 5.97. The summed E-state index contributed by atoms with van der Waals surface area (Å²) < 4.78 is 5.97. The minimum atomic E-state index is -0.195. The summed E-state index contributed by atoms with van der Waals surface area (Å²) in [7, 11) is 0. The topological polar surface area (TPSA) is 47.0 Å². The van der Waals surface area contributed by atoms with Crippen molar-refractivity contribution in [3.05, 3.63) is 11.9 Å². The van der Waals surface area contributed by atoms with Crippen molar-refractivity contribution >= 4 is 5.82 Å². The second-order valence-corrected chi connectivity index (χ2v) is 5.40. The Morgan fingerprint density at radius 1 is 1.16 bits per heavy atom. The molecule has 1 rings (SSSR count). The Morgan fingerprint density at radius 2 is 1.89 bits per heavy atom. The van der Waals surface area contributed by atoms with Gasteiger partial charge in [-0.3, -0.25) is 0 Å². The fourth-order valence-corrected chi connectivity index (χ4v) is 1.56. The molecule has 0 fully saturated rings. The molecule has 0 saturated heterocycles. The second-order valence-electron chi connectivity index (χ2n) is 5.40. The summed E-state index contributed by atoms with van der Waals surface area (Å²) in [5.74, 6) is 2.39. The second kappa shape index (κ2) is 7.31. The Kier molecular flexibility index (Phi) is 6.06. The molecular formula is C15H27N3O. The Labute approximate surface area is 117 Å². The highest BCUT2D eigenvalue weighted by molar-refractivity contribution is 5.38. The first-order valence-corrected chi connectivity index (χ1v) is 7.31. The fourth-order valence-electron chi connectivity index (χ4n) is 1.56. The first-order valence-electron chi connectivity index (χ1n) is 7.31. The molecule has 1 aromatic heterocycles. The number of hydrogen-bond donors (Lipinski definition) is 1. The van der Waals surface area contributed by atoms with Gasteiger partial charge >= 0.3 is 0 Å². The van der Waals surface area contributed by atoms with E-state index >= 15 is 0 Å². The Morgan fingerprint density at radius 3 is 2.47 bits per heavy atom. The summed E-state index contributed by atoms with van der Waals surface area (Å²) in [6.07, 6.45) is 3.93. The molecule has 0 aliphatic rings. The molecule has 0 unspecified atom stereocenters. The SMILES string of the molecule is CCCNc1cc(OC(C)(C)CC)nc(CCC)n1. The maximum absolute atomic E-state index is 5.97. The lowest BCUT2D eigenvalue weighted by atomic mass is 10.1. The van der Waals surface area contributed by atoms with E-state index in [0.29, 0.717) is 5.88 Å². The Hall–Kier alpha value is -1.32. The van der Waals surface area contributed by atoms with Crippen LogP contribution in [-0.2, 0) is 6.42 Å². The lowest BCUT2D eigenvalue weighted by molar-refractivity contribution is 0.0986. The molecule has 0 radical (unpaired) electrons. The summed E-state index contributed by atoms with van der Waals surface area (Å²) in [6.45, 7) is 11.5. The summed E-state index contributed by atoms with van der Waals surface area (Å²) in [5, 5.41) is 3.31. The van der Waals surface area contributed by atoms with Gasteiger partial charge in [-0.25, -0.2) is 4.98 Å². The van der Waals surface area contributed by atoms with Gasteiger partial charge < -0.3 is 10.1 Å². The van der Waals surface area contributed by atoms with Crippen molar-refractivity contribution in [1.29, 1.82) is 0 Å². The molecule has 4 heteroatoms. The zero-order valence-corrected chi connectivity index (χ0v) is 12.9. The third kappa shape index (κ3) is 5.45. The Bertz CT molecular complexity index is 391. The maximum Gasteiger partial charge on any atom is 0.219 e. The molecule has 108 valence electrons. The van der Waals surface area contributed by atoms with E-state index in [0.717, 1.165) is 43.9 Å². The molecule has 1 aromatic rings. The highest BCUT2D eigenvalue weighted by Crippen LogP contribution is 2.21. The van der Waals surface area contributed by atoms with Crippen molar-refractivity contribution in [3.8, 4) is 5.88 Å². The monoisotopic (exact) mass is 265 g/mol. The molecule has 0 aromatic carbocycles. The van der Waals surface area contributed by atoms with Crippen LogP contribution in [0.5, 0.6) is 5.88 Å². The van der Waals surface area contributed by atoms with Crippen molar-refractivity contribution < 1.29 is 4.74 Å². The number of nitrogens with zero attached hydrogens (tertiary/aromatic N) is 2. The van der Waals surface area contributed by atoms with Crippen LogP contribution in [0.4, 0.5) is 5.82 Å². The van der Waals surface area contributed by atoms with Gasteiger partial charge in [0.2, 0.25) is 5.88 Å². The molecule has 19 heavy (non-hydrogen) atoms. The Balaban J connectivity index is 2.91. The number of anilines is 1. The molecule has 0 saturated carbocycles. The average Bonchev–Trinajstić information content (AvgIpc) is 2.36. The predicted octanol–water partition coefficient (Wildman–Crippen LogP) is 3.82. The van der Waals surface area contributed by atoms with Crippen molar-refractivity contribution in [1.82, 2.24) is 9.97 Å². The largest absolute Gasteiger partial charge is 0.472 e. The van der Waals surface area contributed by atoms with Gasteiger partial charge in [0, 0.05) is 19.0 Å². The number of aryl methyl sites for hydroxylation is 1. The van der Waals surface area contributed by atoms with E-state index in [4.69, 9.17) is 4.74 Å². The minimum Gasteiger partial charge on any atom is -0.472 e. The first-order chi connectivity index (χ1) is 9.00. The first kappa shape index (κ1) is 15.7. The van der Waals surface area contributed by atoms with Gasteiger partial charge in [0.25, 0.3) is 0 Å². The lowest BCUT2D eigenvalue weighted by Gasteiger charge is -2.24. The number of aromatic nitrogens is 2. The molecule has 0 atom stereocenters. The van der Waals surface area contributed by atoms with Crippen LogP contribution in [0, 0.1) is 0 Å². The molecule has 1 N–H and O–H groups in total. The van der Waals surface area contributed by atoms with E-state index in [1.807, 2.05) is 6.07 Å². The van der Waals surface area contributed by atoms with Gasteiger partial charge in [-0.05, 0) is 33.1 Å². The quantitative estimate of drug-likeness (QED) is 0.776. The minimum absolute atomic E-state index is 0.195. The van der Waals surface area contributed by atoms with Gasteiger partial charge in [0.15, 0.2) is 0 Å². The van der Waals surface area contributed by atoms with Crippen LogP contribution in [0.2, 0.25) is 0 Å². The van der Waals surface area contributed by atoms with Crippen molar-refractivity contribution in [2.24, 2.45) is 0 Å². The lowest BCUT2D eigenvalue weighted by Crippen LogP contribution is -2.27. The number of ether oxygens (including phenoxy) is 1. The summed E-state index contributed by atoms with van der Waals surface area (Å²) in [4.78, 5) is 9.01. The van der Waals surface area contributed by atoms with Crippen LogP contribution in [0.25, 0.3) is 0 Å². The van der Waals surface area contributed by atoms with Crippen LogP contribution in [0.3, 0.4) is 0 Å². The van der Waals surface area contributed by atoms with E-state index in [1.165, 1.54) is 0 Å². The van der Waals surface area contributed by atoms with E-state index in [9.17, 15) is 0 Å². The zero-order valence-electron chi connectivity index (χ0n) is 12.9. The molecule has 1 heterocycles. The molecular weight excluding hydrogens is 238 g/mol. The van der Waals surface area contributed by atoms with Crippen LogP contribution < -0.4 is 10.1 Å². The predicted molar refractivity (Wildman–Crippen MR) is 79.8 cm³/mol. The number of hydrogen-bond acceptors (Lipinski definition) is 4. The highest BCUT2D eigenvalue weighted by Gasteiger charge is 2.18. The van der Waals surface area contributed by atoms with Crippen molar-refractivity contribution in [2.75, 3.05) is 11.9 Å². The van der Waals surface area contributed by atoms with Gasteiger partial charge in [-0.1, -0.05) is 20.8 Å². The van der Waals surface area contributed by atoms with Crippen molar-refractivity contribution in [3.63, 3.8) is 0 Å². The summed E-state index contributed by atoms with van der Waals surface area (Å²) in [5.41, 5.74) is -0.195. The smallest absolute Gasteiger partial charge is 0.219 e. The van der Waals surface area contributed by atoms with Crippen LogP contribution >= 0.6 is 0 Å². The fraction of sp³-hybridized carbons (Fsp3) is 0.733. The van der Waals surface area contributed by atoms with Gasteiger partial charge in [0.05, 0.1) is 0 Å². The average molecular weight is 265 g/mol. The van der Waals surface area contributed by atoms with Gasteiger partial charge in [-0.2, -0.15) is 4.98 Å². The van der Waals surface area contributed by atoms with E-state index in [-0.39, 0.29) is 5.60 Å². The molecule has 0 amide bonds. The third-order valence-electron chi connectivity index (χ3n) is 3.01. The highest BCUT2D eigenvalue weighted by atomic mass is 16.5. The van der Waals surface area contributed by atoms with Crippen LogP contribution in [-0.4, -0.2) is 22.1 Å². The van der Waals surface area contributed by atoms with E-state index in [1.54, 1.807) is 0 Å². The molecule has 0 spiro atoms. The van der Waals surface area contributed by atoms with Gasteiger partial charge in [0.1, 0.15) is 17.2 Å². The summed E-state index contributed by atoms with van der Waals surface area (Å²) in [6, 6.07) is 1.90. The van der Waals surface area contributed by atoms with Crippen molar-refractivity contribution in [2.45, 2.75) is 65.9 Å². The summed E-state index contributed by atoms with van der Waals surface area (Å²) >= 11 is 0. The molecule has 0 aliphatic carbocycles. The normalized spacial score (nSPS) is 11.4. The van der Waals surface area contributed by atoms with E-state index < -0.39 is 0 Å². The number of nitrogens with one attached hydrogen (secondary N) is 1. The zero-order chi connectivity index (χ0) is 14.3. The number of rotatable bonds is 8. The van der Waals surface area contributed by atoms with Crippen LogP contribution in [0.15, 0.2) is 6.07 Å².